The fraction of sp³-hybridized carbons (Fsp3) is 0.850. The lowest BCUT2D eigenvalue weighted by Gasteiger charge is -2.47. The summed E-state index contributed by atoms with van der Waals surface area (Å²) < 4.78 is 22.5. The van der Waals surface area contributed by atoms with Crippen LogP contribution < -0.4 is 0 Å². The van der Waals surface area contributed by atoms with Crippen LogP contribution in [0.1, 0.15) is 34.1 Å². The maximum atomic E-state index is 13.4. The third kappa shape index (κ3) is 1.33. The molecule has 3 N–H and O–H groups in total. The largest absolute Gasteiger partial charge is 0.459 e. The summed E-state index contributed by atoms with van der Waals surface area (Å²) >= 11 is 0. The predicted octanol–water partition coefficient (Wildman–Crippen LogP) is -1.37. The molecule has 4 aliphatic heterocycles. The smallest absolute Gasteiger partial charge is 0.343 e. The third-order valence-electron chi connectivity index (χ3n) is 9.00. The van der Waals surface area contributed by atoms with E-state index >= 15 is 0 Å². The van der Waals surface area contributed by atoms with Crippen LogP contribution in [0.4, 0.5) is 0 Å². The van der Waals surface area contributed by atoms with E-state index in [1.807, 2.05) is 20.8 Å². The van der Waals surface area contributed by atoms with E-state index in [0.717, 1.165) is 0 Å². The Hall–Kier alpha value is -1.75. The molecule has 164 valence electrons. The Morgan fingerprint density at radius 3 is 2.33 bits per heavy atom. The zero-order valence-electron chi connectivity index (χ0n) is 16.9. The first-order valence-corrected chi connectivity index (χ1v) is 10.2. The van der Waals surface area contributed by atoms with Crippen LogP contribution in [0, 0.1) is 28.1 Å². The molecule has 0 aromatic carbocycles. The zero-order valence-corrected chi connectivity index (χ0v) is 16.9. The fourth-order valence-corrected chi connectivity index (χ4v) is 8.12. The summed E-state index contributed by atoms with van der Waals surface area (Å²) in [6, 6.07) is 0. The molecule has 10 nitrogen and oxygen atoms in total. The average molecular weight is 424 g/mol. The molecule has 0 amide bonds. The summed E-state index contributed by atoms with van der Waals surface area (Å²) in [5, 5.41) is 34.7. The number of rotatable bonds is 0. The molecule has 2 aliphatic carbocycles. The van der Waals surface area contributed by atoms with Gasteiger partial charge in [-0.05, 0) is 24.7 Å². The van der Waals surface area contributed by atoms with Crippen molar-refractivity contribution in [1.29, 1.82) is 0 Å². The van der Waals surface area contributed by atoms with Crippen molar-refractivity contribution in [2.24, 2.45) is 28.1 Å². The molecule has 0 aromatic heterocycles. The summed E-state index contributed by atoms with van der Waals surface area (Å²) in [7, 11) is 0. The number of esters is 3. The maximum absolute atomic E-state index is 13.4. The van der Waals surface area contributed by atoms with Gasteiger partial charge < -0.3 is 34.3 Å². The molecule has 2 saturated carbocycles. The van der Waals surface area contributed by atoms with Gasteiger partial charge in [0.2, 0.25) is 11.9 Å². The van der Waals surface area contributed by atoms with Gasteiger partial charge in [-0.2, -0.15) is 0 Å². The summed E-state index contributed by atoms with van der Waals surface area (Å²) in [4.78, 5) is 38.2. The third-order valence-corrected chi connectivity index (χ3v) is 9.00. The van der Waals surface area contributed by atoms with Crippen molar-refractivity contribution >= 4 is 17.9 Å². The topological polar surface area (TPSA) is 149 Å². The second-order valence-electron chi connectivity index (χ2n) is 10.7. The van der Waals surface area contributed by atoms with Gasteiger partial charge in [-0.1, -0.05) is 20.8 Å². The van der Waals surface area contributed by atoms with Gasteiger partial charge in [0.05, 0.1) is 16.7 Å². The summed E-state index contributed by atoms with van der Waals surface area (Å²) in [5.74, 6) is -4.32. The van der Waals surface area contributed by atoms with Crippen LogP contribution in [0.5, 0.6) is 0 Å². The molecular formula is C20H24O10. The van der Waals surface area contributed by atoms with E-state index in [0.29, 0.717) is 0 Å². The second-order valence-corrected chi connectivity index (χ2v) is 10.7. The molecule has 11 atom stereocenters. The van der Waals surface area contributed by atoms with E-state index in [4.69, 9.17) is 18.9 Å². The number of fused-ring (bicyclic) bond motifs is 1. The van der Waals surface area contributed by atoms with E-state index in [-0.39, 0.29) is 6.42 Å². The van der Waals surface area contributed by atoms with Crippen molar-refractivity contribution < 1.29 is 48.7 Å². The van der Waals surface area contributed by atoms with Gasteiger partial charge in [-0.25, -0.2) is 9.59 Å². The Morgan fingerprint density at radius 1 is 1.03 bits per heavy atom. The number of carbonyl (C=O) groups excluding carboxylic acids is 3. The van der Waals surface area contributed by atoms with Gasteiger partial charge in [-0.15, -0.1) is 0 Å². The lowest BCUT2D eigenvalue weighted by atomic mass is 9.51. The first-order valence-electron chi connectivity index (χ1n) is 10.2. The van der Waals surface area contributed by atoms with Crippen molar-refractivity contribution in [3.05, 3.63) is 0 Å². The minimum Gasteiger partial charge on any atom is -0.459 e. The molecule has 4 saturated heterocycles. The highest BCUT2D eigenvalue weighted by atomic mass is 16.8. The Bertz CT molecular complexity index is 925. The molecule has 6 fully saturated rings. The lowest BCUT2D eigenvalue weighted by Crippen LogP contribution is -2.67. The zero-order chi connectivity index (χ0) is 21.8. The minimum atomic E-state index is -2.24. The molecule has 2 spiro atoms. The van der Waals surface area contributed by atoms with E-state index in [9.17, 15) is 29.7 Å². The summed E-state index contributed by atoms with van der Waals surface area (Å²) in [6.07, 6.45) is -6.91. The molecule has 0 aromatic rings. The van der Waals surface area contributed by atoms with Crippen LogP contribution in [0.2, 0.25) is 0 Å². The lowest BCUT2D eigenvalue weighted by molar-refractivity contribution is -0.239. The molecule has 10 heteroatoms. The van der Waals surface area contributed by atoms with Gasteiger partial charge in [0, 0.05) is 0 Å². The summed E-state index contributed by atoms with van der Waals surface area (Å²) in [5.41, 5.74) is -8.26. The van der Waals surface area contributed by atoms with Crippen LogP contribution in [0.25, 0.3) is 0 Å². The first-order chi connectivity index (χ1) is 13.8. The van der Waals surface area contributed by atoms with Gasteiger partial charge >= 0.3 is 17.9 Å². The van der Waals surface area contributed by atoms with Crippen LogP contribution in [0.15, 0.2) is 0 Å². The Kier molecular flexibility index (Phi) is 2.97. The standard InChI is InChI=1S/C20H24O10/c1-6-12(23)28-11-9(21)18-8-5-7(16(2,3)4)17(18)10(22)13(24)29-15(17)30-20(18,14(25)27-8)19(6,11)26/h6-11,15,21-22,26H,5H2,1-4H3/t6-,7+,8-,9+,10+,11+,15-,17?,18?,19-,20?/m1/s1. The first kappa shape index (κ1) is 19.0. The van der Waals surface area contributed by atoms with E-state index in [2.05, 4.69) is 0 Å². The van der Waals surface area contributed by atoms with E-state index in [1.165, 1.54) is 6.92 Å². The Morgan fingerprint density at radius 2 is 1.70 bits per heavy atom. The van der Waals surface area contributed by atoms with Crippen LogP contribution in [0.3, 0.4) is 0 Å². The molecule has 0 bridgehead atoms. The quantitative estimate of drug-likeness (QED) is 0.314. The molecule has 6 aliphatic rings. The van der Waals surface area contributed by atoms with Crippen LogP contribution >= 0.6 is 0 Å². The molecule has 30 heavy (non-hydrogen) atoms. The highest BCUT2D eigenvalue weighted by Gasteiger charge is 3.03. The highest BCUT2D eigenvalue weighted by molar-refractivity contribution is 5.94. The van der Waals surface area contributed by atoms with Crippen molar-refractivity contribution in [2.75, 3.05) is 0 Å². The number of aliphatic hydroxyl groups excluding tert-OH is 2. The minimum absolute atomic E-state index is 0.229. The van der Waals surface area contributed by atoms with Crippen molar-refractivity contribution in [3.63, 3.8) is 0 Å². The number of hydrogen-bond acceptors (Lipinski definition) is 10. The monoisotopic (exact) mass is 424 g/mol. The molecular weight excluding hydrogens is 400 g/mol. The van der Waals surface area contributed by atoms with Gasteiger partial charge in [-0.3, -0.25) is 4.79 Å². The molecule has 6 rings (SSSR count). The summed E-state index contributed by atoms with van der Waals surface area (Å²) in [6.45, 7) is 7.14. The normalized spacial score (nSPS) is 60.1. The number of aliphatic hydroxyl groups is 3. The van der Waals surface area contributed by atoms with Gasteiger partial charge in [0.25, 0.3) is 0 Å². The fourth-order valence-electron chi connectivity index (χ4n) is 8.12. The number of hydrogen-bond donors (Lipinski definition) is 3. The van der Waals surface area contributed by atoms with Crippen LogP contribution in [-0.2, 0) is 33.3 Å². The number of ether oxygens (including phenoxy) is 4. The molecule has 3 unspecified atom stereocenters. The molecule has 4 heterocycles. The Labute approximate surface area is 171 Å². The molecule has 0 radical (unpaired) electrons. The van der Waals surface area contributed by atoms with Gasteiger partial charge in [0.15, 0.2) is 17.8 Å². The Balaban J connectivity index is 1.72. The predicted molar refractivity (Wildman–Crippen MR) is 92.0 cm³/mol. The van der Waals surface area contributed by atoms with E-state index < -0.39 is 87.9 Å². The van der Waals surface area contributed by atoms with Crippen molar-refractivity contribution in [2.45, 2.75) is 76.0 Å². The van der Waals surface area contributed by atoms with Crippen molar-refractivity contribution in [3.8, 4) is 0 Å². The average Bonchev–Trinajstić information content (AvgIpc) is 3.35. The number of carbonyl (C=O) groups is 3. The second kappa shape index (κ2) is 4.69. The van der Waals surface area contributed by atoms with Gasteiger partial charge in [0.1, 0.15) is 12.2 Å². The van der Waals surface area contributed by atoms with Crippen LogP contribution in [-0.4, -0.2) is 75.1 Å². The SMILES string of the molecule is C[C@@H]1C(=O)O[C@H]2[C@H](O)C34[C@H]5C[C@@H](C(C)(C)C)C36[C@H](OC(=O)[C@@H]6O)OC4(C(=O)O5)[C@@]12O. The van der Waals surface area contributed by atoms with E-state index in [1.54, 1.807) is 0 Å². The highest BCUT2D eigenvalue weighted by Crippen LogP contribution is 2.84. The maximum Gasteiger partial charge on any atom is 0.343 e. The van der Waals surface area contributed by atoms with Crippen molar-refractivity contribution in [1.82, 2.24) is 0 Å².